The van der Waals surface area contributed by atoms with E-state index in [0.29, 0.717) is 6.04 Å². The van der Waals surface area contributed by atoms with Crippen LogP contribution in [-0.2, 0) is 0 Å². The molecule has 2 heteroatoms. The van der Waals surface area contributed by atoms with E-state index in [-0.39, 0.29) is 0 Å². The zero-order valence-corrected chi connectivity index (χ0v) is 11.5. The van der Waals surface area contributed by atoms with E-state index in [9.17, 15) is 0 Å². The van der Waals surface area contributed by atoms with Crippen LogP contribution in [0.1, 0.15) is 31.9 Å². The van der Waals surface area contributed by atoms with E-state index in [2.05, 4.69) is 78.2 Å². The number of halogens is 1. The number of nitrogens with one attached hydrogen (secondary N) is 1. The Bertz CT molecular complexity index is 303. The molecular weight excluding hydrogens is 297 g/mol. The van der Waals surface area contributed by atoms with Gasteiger partial charge in [-0.25, -0.2) is 0 Å². The second-order valence-electron chi connectivity index (χ2n) is 3.59. The molecule has 15 heavy (non-hydrogen) atoms. The van der Waals surface area contributed by atoms with Crippen LogP contribution in [0.2, 0.25) is 0 Å². The first kappa shape index (κ1) is 12.7. The van der Waals surface area contributed by atoms with Crippen molar-refractivity contribution in [3.8, 4) is 0 Å². The lowest BCUT2D eigenvalue weighted by atomic mass is 10.1. The third-order valence-corrected chi connectivity index (χ3v) is 3.09. The highest BCUT2D eigenvalue weighted by Crippen LogP contribution is 2.14. The average molecular weight is 315 g/mol. The minimum Gasteiger partial charge on any atom is -0.310 e. The summed E-state index contributed by atoms with van der Waals surface area (Å²) in [6.07, 6.45) is 5.39. The fourth-order valence-electron chi connectivity index (χ4n) is 1.42. The first-order chi connectivity index (χ1) is 7.24. The normalized spacial score (nSPS) is 13.3. The molecule has 0 saturated heterocycles. The third kappa shape index (κ3) is 4.80. The molecule has 0 aliphatic rings. The monoisotopic (exact) mass is 315 g/mol. The van der Waals surface area contributed by atoms with Gasteiger partial charge in [-0.15, -0.1) is 0 Å². The van der Waals surface area contributed by atoms with Crippen LogP contribution >= 0.6 is 22.6 Å². The van der Waals surface area contributed by atoms with Crippen molar-refractivity contribution < 1.29 is 0 Å². The van der Waals surface area contributed by atoms with Crippen molar-refractivity contribution in [3.63, 3.8) is 0 Å². The minimum absolute atomic E-state index is 0.437. The van der Waals surface area contributed by atoms with Crippen LogP contribution in [0.4, 0.5) is 0 Å². The molecule has 1 aromatic rings. The maximum Gasteiger partial charge on any atom is 0.0291 e. The predicted molar refractivity (Wildman–Crippen MR) is 75.0 cm³/mol. The molecule has 0 spiro atoms. The molecule has 82 valence electrons. The van der Waals surface area contributed by atoms with E-state index in [4.69, 9.17) is 0 Å². The second kappa shape index (κ2) is 7.01. The van der Waals surface area contributed by atoms with Crippen LogP contribution in [0.5, 0.6) is 0 Å². The number of hydrogen-bond acceptors (Lipinski definition) is 1. The van der Waals surface area contributed by atoms with E-state index < -0.39 is 0 Å². The van der Waals surface area contributed by atoms with Crippen molar-refractivity contribution in [3.05, 3.63) is 45.6 Å². The summed E-state index contributed by atoms with van der Waals surface area (Å²) in [6.45, 7) is 5.30. The van der Waals surface area contributed by atoms with Gasteiger partial charge in [0.2, 0.25) is 0 Å². The molecule has 1 aromatic carbocycles. The van der Waals surface area contributed by atoms with Crippen LogP contribution in [0.15, 0.2) is 36.4 Å². The first-order valence-corrected chi connectivity index (χ1v) is 6.42. The van der Waals surface area contributed by atoms with Crippen molar-refractivity contribution in [2.75, 3.05) is 6.54 Å². The highest BCUT2D eigenvalue weighted by atomic mass is 127. The lowest BCUT2D eigenvalue weighted by Crippen LogP contribution is -2.19. The summed E-state index contributed by atoms with van der Waals surface area (Å²) in [7, 11) is 0. The van der Waals surface area contributed by atoms with Gasteiger partial charge in [-0.1, -0.05) is 24.3 Å². The molecule has 0 aromatic heterocycles. The Labute approximate surface area is 106 Å². The summed E-state index contributed by atoms with van der Waals surface area (Å²) in [5.74, 6) is 0. The maximum atomic E-state index is 3.50. The zero-order valence-electron chi connectivity index (χ0n) is 9.33. The molecule has 1 nitrogen and oxygen atoms in total. The fourth-order valence-corrected chi connectivity index (χ4v) is 1.78. The topological polar surface area (TPSA) is 12.0 Å². The van der Waals surface area contributed by atoms with Crippen molar-refractivity contribution in [1.29, 1.82) is 0 Å². The van der Waals surface area contributed by atoms with Gasteiger partial charge in [0.05, 0.1) is 0 Å². The lowest BCUT2D eigenvalue weighted by molar-refractivity contribution is 0.581. The van der Waals surface area contributed by atoms with Gasteiger partial charge in [0.25, 0.3) is 0 Å². The molecule has 0 aliphatic carbocycles. The van der Waals surface area contributed by atoms with Gasteiger partial charge in [-0.3, -0.25) is 0 Å². The summed E-state index contributed by atoms with van der Waals surface area (Å²) >= 11 is 2.33. The Morgan fingerprint density at radius 2 is 2.00 bits per heavy atom. The highest BCUT2D eigenvalue weighted by Gasteiger charge is 2.02. The summed E-state index contributed by atoms with van der Waals surface area (Å²) < 4.78 is 1.29. The average Bonchev–Trinajstić information content (AvgIpc) is 2.25. The van der Waals surface area contributed by atoms with Gasteiger partial charge in [0, 0.05) is 9.61 Å². The molecule has 0 fully saturated rings. The molecule has 1 rings (SSSR count). The maximum absolute atomic E-state index is 3.50. The molecule has 0 radical (unpaired) electrons. The minimum atomic E-state index is 0.437. The van der Waals surface area contributed by atoms with Gasteiger partial charge in [0.15, 0.2) is 0 Å². The Balaban J connectivity index is 2.39. The number of allylic oxidation sites excluding steroid dienone is 1. The Morgan fingerprint density at radius 1 is 1.33 bits per heavy atom. The van der Waals surface area contributed by atoms with Gasteiger partial charge < -0.3 is 5.32 Å². The van der Waals surface area contributed by atoms with E-state index in [1.54, 1.807) is 0 Å². The second-order valence-corrected chi connectivity index (χ2v) is 4.83. The standard InChI is InChI=1S/C13H18IN/c1-3-4-5-10-15-11(2)12-6-8-13(14)9-7-12/h3-4,6-9,11,15H,5,10H2,1-2H3/b4-3+. The first-order valence-electron chi connectivity index (χ1n) is 5.34. The Morgan fingerprint density at radius 3 is 2.60 bits per heavy atom. The molecule has 0 heterocycles. The van der Waals surface area contributed by atoms with Crippen LogP contribution in [-0.4, -0.2) is 6.54 Å². The molecule has 1 atom stereocenters. The molecule has 1 N–H and O–H groups in total. The van der Waals surface area contributed by atoms with Crippen LogP contribution in [0.25, 0.3) is 0 Å². The van der Waals surface area contributed by atoms with Crippen LogP contribution in [0.3, 0.4) is 0 Å². The smallest absolute Gasteiger partial charge is 0.0291 e. The summed E-state index contributed by atoms with van der Waals surface area (Å²) in [6, 6.07) is 9.12. The number of benzene rings is 1. The van der Waals surface area contributed by atoms with Crippen LogP contribution < -0.4 is 5.32 Å². The molecule has 0 bridgehead atoms. The summed E-state index contributed by atoms with van der Waals surface area (Å²) in [4.78, 5) is 0. The van der Waals surface area contributed by atoms with E-state index in [0.717, 1.165) is 13.0 Å². The molecular formula is C13H18IN. The molecule has 1 unspecified atom stereocenters. The third-order valence-electron chi connectivity index (χ3n) is 2.37. The fraction of sp³-hybridized carbons (Fsp3) is 0.385. The van der Waals surface area contributed by atoms with E-state index in [1.165, 1.54) is 9.13 Å². The quantitative estimate of drug-likeness (QED) is 0.493. The van der Waals surface area contributed by atoms with Gasteiger partial charge in [-0.2, -0.15) is 0 Å². The lowest BCUT2D eigenvalue weighted by Gasteiger charge is -2.13. The number of rotatable bonds is 5. The largest absolute Gasteiger partial charge is 0.310 e. The van der Waals surface area contributed by atoms with Gasteiger partial charge in [-0.05, 0) is 67.1 Å². The van der Waals surface area contributed by atoms with Crippen LogP contribution in [0, 0.1) is 3.57 Å². The summed E-state index contributed by atoms with van der Waals surface area (Å²) in [5, 5.41) is 3.50. The summed E-state index contributed by atoms with van der Waals surface area (Å²) in [5.41, 5.74) is 1.36. The Hall–Kier alpha value is -0.350. The zero-order chi connectivity index (χ0) is 11.1. The van der Waals surface area contributed by atoms with Crippen molar-refractivity contribution in [2.45, 2.75) is 26.3 Å². The van der Waals surface area contributed by atoms with E-state index >= 15 is 0 Å². The predicted octanol–water partition coefficient (Wildman–Crippen LogP) is 3.91. The molecule has 0 amide bonds. The van der Waals surface area contributed by atoms with Gasteiger partial charge >= 0.3 is 0 Å². The highest BCUT2D eigenvalue weighted by molar-refractivity contribution is 14.1. The number of hydrogen-bond donors (Lipinski definition) is 1. The van der Waals surface area contributed by atoms with Crippen molar-refractivity contribution in [1.82, 2.24) is 5.32 Å². The molecule has 0 saturated carbocycles. The van der Waals surface area contributed by atoms with Crippen molar-refractivity contribution >= 4 is 22.6 Å². The van der Waals surface area contributed by atoms with E-state index in [1.807, 2.05) is 0 Å². The van der Waals surface area contributed by atoms with Crippen molar-refractivity contribution in [2.24, 2.45) is 0 Å². The molecule has 0 aliphatic heterocycles. The Kier molecular flexibility index (Phi) is 5.95. The van der Waals surface area contributed by atoms with Gasteiger partial charge in [0.1, 0.15) is 0 Å². The SMILES string of the molecule is C/C=C/CCNC(C)c1ccc(I)cc1.